The van der Waals surface area contributed by atoms with Gasteiger partial charge in [-0.25, -0.2) is 4.39 Å². The second kappa shape index (κ2) is 6.47. The largest absolute Gasteiger partial charge is 0.494 e. The van der Waals surface area contributed by atoms with Crippen LogP contribution in [-0.4, -0.2) is 22.1 Å². The molecule has 2 aromatic rings. The van der Waals surface area contributed by atoms with Gasteiger partial charge in [0.05, 0.1) is 25.0 Å². The van der Waals surface area contributed by atoms with Crippen molar-refractivity contribution in [1.82, 2.24) is 20.3 Å². The molecule has 0 unspecified atom stereocenters. The maximum absolute atomic E-state index is 13.9. The number of aryl methyl sites for hydroxylation is 2. The second-order valence-electron chi connectivity index (χ2n) is 4.46. The first-order chi connectivity index (χ1) is 9.65. The lowest BCUT2D eigenvalue weighted by molar-refractivity contribution is 0.383. The molecular formula is C14H19FN4O. The fourth-order valence-corrected chi connectivity index (χ4v) is 1.94. The van der Waals surface area contributed by atoms with Gasteiger partial charge < -0.3 is 10.1 Å². The number of rotatable bonds is 6. The molecule has 0 bridgehead atoms. The first-order valence-electron chi connectivity index (χ1n) is 6.58. The Morgan fingerprint density at radius 3 is 2.75 bits per heavy atom. The average Bonchev–Trinajstić information content (AvgIpc) is 2.81. The fraction of sp³-hybridized carbons (Fsp3) is 0.429. The predicted molar refractivity (Wildman–Crippen MR) is 73.9 cm³/mol. The normalized spacial score (nSPS) is 10.8. The number of methoxy groups -OCH3 is 1. The molecule has 0 fully saturated rings. The molecule has 1 aromatic carbocycles. The molecule has 6 heteroatoms. The summed E-state index contributed by atoms with van der Waals surface area (Å²) in [6.45, 7) is 5.62. The lowest BCUT2D eigenvalue weighted by Crippen LogP contribution is -2.15. The average molecular weight is 278 g/mol. The van der Waals surface area contributed by atoms with Gasteiger partial charge in [0.1, 0.15) is 0 Å². The van der Waals surface area contributed by atoms with E-state index in [2.05, 4.69) is 15.5 Å². The quantitative estimate of drug-likeness (QED) is 0.878. The summed E-state index contributed by atoms with van der Waals surface area (Å²) in [5, 5.41) is 11.8. The van der Waals surface area contributed by atoms with E-state index in [-0.39, 0.29) is 11.6 Å². The Hall–Kier alpha value is -1.95. The number of hydrogen-bond acceptors (Lipinski definition) is 4. The van der Waals surface area contributed by atoms with Gasteiger partial charge in [0.15, 0.2) is 11.6 Å². The van der Waals surface area contributed by atoms with E-state index in [9.17, 15) is 4.39 Å². The Kier molecular flexibility index (Phi) is 4.68. The Labute approximate surface area is 117 Å². The molecule has 0 aliphatic heterocycles. The van der Waals surface area contributed by atoms with E-state index in [1.54, 1.807) is 23.0 Å². The van der Waals surface area contributed by atoms with E-state index in [1.165, 1.54) is 7.11 Å². The molecule has 5 nitrogen and oxygen atoms in total. The summed E-state index contributed by atoms with van der Waals surface area (Å²) >= 11 is 0. The maximum Gasteiger partial charge on any atom is 0.169 e. The highest BCUT2D eigenvalue weighted by atomic mass is 19.1. The molecule has 1 N–H and O–H groups in total. The van der Waals surface area contributed by atoms with Gasteiger partial charge in [-0.15, -0.1) is 0 Å². The SMILES string of the molecule is CCn1nc(C)c(CNCc2cccc(OC)c2F)n1. The zero-order valence-corrected chi connectivity index (χ0v) is 12.0. The van der Waals surface area contributed by atoms with Gasteiger partial charge in [-0.2, -0.15) is 15.0 Å². The number of benzene rings is 1. The molecule has 0 saturated carbocycles. The van der Waals surface area contributed by atoms with E-state index in [4.69, 9.17) is 4.74 Å². The molecule has 0 spiro atoms. The van der Waals surface area contributed by atoms with Gasteiger partial charge in [0.2, 0.25) is 0 Å². The van der Waals surface area contributed by atoms with Gasteiger partial charge >= 0.3 is 0 Å². The van der Waals surface area contributed by atoms with Gasteiger partial charge in [-0.3, -0.25) is 0 Å². The standard InChI is InChI=1S/C14H19FN4O/c1-4-19-17-10(2)12(18-19)9-16-8-11-6-5-7-13(20-3)14(11)15/h5-7,16H,4,8-9H2,1-3H3. The number of ether oxygens (including phenoxy) is 1. The van der Waals surface area contributed by atoms with Crippen molar-refractivity contribution < 1.29 is 9.13 Å². The molecule has 0 radical (unpaired) electrons. The second-order valence-corrected chi connectivity index (χ2v) is 4.46. The molecular weight excluding hydrogens is 259 g/mol. The molecule has 20 heavy (non-hydrogen) atoms. The fourth-order valence-electron chi connectivity index (χ4n) is 1.94. The van der Waals surface area contributed by atoms with Crippen LogP contribution in [0.1, 0.15) is 23.9 Å². The van der Waals surface area contributed by atoms with Crippen LogP contribution in [0.2, 0.25) is 0 Å². The van der Waals surface area contributed by atoms with E-state index < -0.39 is 0 Å². The Balaban J connectivity index is 1.97. The van der Waals surface area contributed by atoms with Crippen molar-refractivity contribution in [3.8, 4) is 5.75 Å². The van der Waals surface area contributed by atoms with Gasteiger partial charge in [0.25, 0.3) is 0 Å². The summed E-state index contributed by atoms with van der Waals surface area (Å²) < 4.78 is 18.9. The van der Waals surface area contributed by atoms with Crippen LogP contribution in [0.4, 0.5) is 4.39 Å². The predicted octanol–water partition coefficient (Wildman–Crippen LogP) is 2.04. The van der Waals surface area contributed by atoms with Crippen LogP contribution in [-0.2, 0) is 19.6 Å². The van der Waals surface area contributed by atoms with Crippen LogP contribution in [0.15, 0.2) is 18.2 Å². The van der Waals surface area contributed by atoms with Crippen LogP contribution in [0.25, 0.3) is 0 Å². The molecule has 0 aliphatic rings. The number of nitrogens with one attached hydrogen (secondary N) is 1. The molecule has 108 valence electrons. The number of nitrogens with zero attached hydrogens (tertiary/aromatic N) is 3. The summed E-state index contributed by atoms with van der Waals surface area (Å²) in [6, 6.07) is 5.12. The van der Waals surface area contributed by atoms with Crippen molar-refractivity contribution in [1.29, 1.82) is 0 Å². The lowest BCUT2D eigenvalue weighted by Gasteiger charge is -2.08. The first kappa shape index (κ1) is 14.5. The molecule has 1 aromatic heterocycles. The smallest absolute Gasteiger partial charge is 0.169 e. The highest BCUT2D eigenvalue weighted by Gasteiger charge is 2.09. The number of hydrogen-bond donors (Lipinski definition) is 1. The Bertz CT molecular complexity index is 583. The molecule has 0 aliphatic carbocycles. The van der Waals surface area contributed by atoms with Crippen LogP contribution in [0.3, 0.4) is 0 Å². The third-order valence-electron chi connectivity index (χ3n) is 3.07. The van der Waals surface area contributed by atoms with Gasteiger partial charge in [-0.1, -0.05) is 12.1 Å². The van der Waals surface area contributed by atoms with Crippen LogP contribution in [0, 0.1) is 12.7 Å². The maximum atomic E-state index is 13.9. The van der Waals surface area contributed by atoms with Crippen molar-refractivity contribution in [3.05, 3.63) is 41.0 Å². The van der Waals surface area contributed by atoms with Gasteiger partial charge in [0, 0.05) is 18.7 Å². The van der Waals surface area contributed by atoms with E-state index in [0.29, 0.717) is 18.7 Å². The van der Waals surface area contributed by atoms with Crippen LogP contribution < -0.4 is 10.1 Å². The van der Waals surface area contributed by atoms with E-state index >= 15 is 0 Å². The third-order valence-corrected chi connectivity index (χ3v) is 3.07. The van der Waals surface area contributed by atoms with Crippen molar-refractivity contribution in [2.75, 3.05) is 7.11 Å². The first-order valence-corrected chi connectivity index (χ1v) is 6.58. The van der Waals surface area contributed by atoms with Crippen molar-refractivity contribution in [2.24, 2.45) is 0 Å². The molecule has 1 heterocycles. The monoisotopic (exact) mass is 278 g/mol. The van der Waals surface area contributed by atoms with Crippen LogP contribution in [0.5, 0.6) is 5.75 Å². The minimum Gasteiger partial charge on any atom is -0.494 e. The zero-order valence-electron chi connectivity index (χ0n) is 12.0. The Morgan fingerprint density at radius 2 is 2.10 bits per heavy atom. The lowest BCUT2D eigenvalue weighted by atomic mass is 10.2. The molecule has 2 rings (SSSR count). The molecule has 0 amide bonds. The summed E-state index contributed by atoms with van der Waals surface area (Å²) in [6.07, 6.45) is 0. The summed E-state index contributed by atoms with van der Waals surface area (Å²) in [4.78, 5) is 1.65. The summed E-state index contributed by atoms with van der Waals surface area (Å²) in [5.74, 6) is -0.0613. The minimum absolute atomic E-state index is 0.261. The van der Waals surface area contributed by atoms with E-state index in [1.807, 2.05) is 13.8 Å². The van der Waals surface area contributed by atoms with Gasteiger partial charge in [-0.05, 0) is 19.9 Å². The molecule has 0 atom stereocenters. The van der Waals surface area contributed by atoms with E-state index in [0.717, 1.165) is 17.9 Å². The van der Waals surface area contributed by atoms with Crippen molar-refractivity contribution >= 4 is 0 Å². The van der Waals surface area contributed by atoms with Crippen molar-refractivity contribution in [3.63, 3.8) is 0 Å². The highest BCUT2D eigenvalue weighted by Crippen LogP contribution is 2.19. The van der Waals surface area contributed by atoms with Crippen molar-refractivity contribution in [2.45, 2.75) is 33.5 Å². The minimum atomic E-state index is -0.323. The third kappa shape index (κ3) is 3.14. The summed E-state index contributed by atoms with van der Waals surface area (Å²) in [5.41, 5.74) is 2.35. The highest BCUT2D eigenvalue weighted by molar-refractivity contribution is 5.30. The molecule has 0 saturated heterocycles. The number of aromatic nitrogens is 3. The zero-order chi connectivity index (χ0) is 14.5. The van der Waals surface area contributed by atoms with Crippen LogP contribution >= 0.6 is 0 Å². The number of halogens is 1. The summed E-state index contributed by atoms with van der Waals surface area (Å²) in [7, 11) is 1.46. The Morgan fingerprint density at radius 1 is 1.30 bits per heavy atom. The topological polar surface area (TPSA) is 52.0 Å².